The third-order valence-corrected chi connectivity index (χ3v) is 7.77. The van der Waals surface area contributed by atoms with Gasteiger partial charge in [-0.15, -0.1) is 0 Å². The van der Waals surface area contributed by atoms with Crippen LogP contribution in [0.2, 0.25) is 0 Å². The number of hydrogen-bond donors (Lipinski definition) is 3. The molecule has 1 amide bonds. The van der Waals surface area contributed by atoms with Crippen molar-refractivity contribution in [3.63, 3.8) is 0 Å². The lowest BCUT2D eigenvalue weighted by molar-refractivity contribution is -0.156. The maximum Gasteiger partial charge on any atom is 0.228 e. The van der Waals surface area contributed by atoms with Crippen LogP contribution in [0.5, 0.6) is 28.7 Å². The Morgan fingerprint density at radius 1 is 0.947 bits per heavy atom. The second-order valence-electron chi connectivity index (χ2n) is 9.79. The van der Waals surface area contributed by atoms with Crippen LogP contribution in [-0.2, 0) is 16.0 Å². The van der Waals surface area contributed by atoms with Gasteiger partial charge in [0.15, 0.2) is 22.7 Å². The van der Waals surface area contributed by atoms with E-state index in [4.69, 9.17) is 18.9 Å². The van der Waals surface area contributed by atoms with Crippen molar-refractivity contribution < 1.29 is 39.1 Å². The number of hydrogen-bond acceptors (Lipinski definition) is 8. The predicted molar refractivity (Wildman–Crippen MR) is 138 cm³/mol. The number of carbonyl (C=O) groups excluding carboxylic acids is 1. The lowest BCUT2D eigenvalue weighted by Crippen LogP contribution is -2.52. The molecule has 1 aliphatic carbocycles. The molecule has 1 heterocycles. The van der Waals surface area contributed by atoms with E-state index in [0.29, 0.717) is 16.9 Å². The van der Waals surface area contributed by atoms with Crippen LogP contribution < -0.4 is 18.9 Å². The van der Waals surface area contributed by atoms with Crippen molar-refractivity contribution in [3.8, 4) is 28.7 Å². The summed E-state index contributed by atoms with van der Waals surface area (Å²) in [6.45, 7) is 0. The minimum Gasteiger partial charge on any atom is -0.504 e. The van der Waals surface area contributed by atoms with Crippen LogP contribution in [-0.4, -0.2) is 67.7 Å². The number of amides is 1. The molecule has 1 aliphatic heterocycles. The van der Waals surface area contributed by atoms with E-state index in [2.05, 4.69) is 0 Å². The first kappa shape index (κ1) is 25.7. The van der Waals surface area contributed by atoms with Crippen LogP contribution in [0.4, 0.5) is 0 Å². The number of nitrogens with zero attached hydrogens (tertiary/aromatic N) is 1. The van der Waals surface area contributed by atoms with Gasteiger partial charge in [-0.05, 0) is 17.7 Å². The number of phenolic OH excluding ortho intramolecular Hbond substituents is 1. The van der Waals surface area contributed by atoms with Crippen molar-refractivity contribution in [1.82, 2.24) is 4.90 Å². The van der Waals surface area contributed by atoms with Crippen LogP contribution in [0.1, 0.15) is 22.6 Å². The van der Waals surface area contributed by atoms with E-state index in [1.807, 2.05) is 30.3 Å². The van der Waals surface area contributed by atoms with Crippen molar-refractivity contribution in [2.24, 2.45) is 5.92 Å². The zero-order valence-corrected chi connectivity index (χ0v) is 21.8. The largest absolute Gasteiger partial charge is 0.504 e. The molecule has 1 saturated carbocycles. The van der Waals surface area contributed by atoms with E-state index in [-0.39, 0.29) is 34.5 Å². The second-order valence-corrected chi connectivity index (χ2v) is 9.79. The number of aliphatic hydroxyl groups excluding tert-OH is 1. The van der Waals surface area contributed by atoms with Crippen LogP contribution in [0.3, 0.4) is 0 Å². The molecule has 200 valence electrons. The zero-order valence-electron chi connectivity index (χ0n) is 21.8. The van der Waals surface area contributed by atoms with Gasteiger partial charge < -0.3 is 39.2 Å². The Bertz CT molecular complexity index is 1380. The molecule has 0 bridgehead atoms. The first-order valence-corrected chi connectivity index (χ1v) is 12.1. The summed E-state index contributed by atoms with van der Waals surface area (Å²) in [5.41, 5.74) is -2.72. The van der Waals surface area contributed by atoms with E-state index in [9.17, 15) is 20.1 Å². The van der Waals surface area contributed by atoms with Crippen LogP contribution in [0, 0.1) is 5.92 Å². The Kier molecular flexibility index (Phi) is 6.16. The van der Waals surface area contributed by atoms with E-state index in [0.717, 1.165) is 0 Å². The Morgan fingerprint density at radius 3 is 2.21 bits per heavy atom. The molecule has 3 aromatic rings. The van der Waals surface area contributed by atoms with Crippen molar-refractivity contribution >= 4 is 5.91 Å². The number of ether oxygens (including phenoxy) is 4. The van der Waals surface area contributed by atoms with E-state index < -0.39 is 29.1 Å². The third-order valence-electron chi connectivity index (χ3n) is 7.77. The second kappa shape index (κ2) is 9.11. The van der Waals surface area contributed by atoms with Crippen molar-refractivity contribution in [2.75, 3.05) is 35.4 Å². The number of rotatable bonds is 6. The lowest BCUT2D eigenvalue weighted by Gasteiger charge is -2.41. The Hall–Kier alpha value is -3.95. The maximum absolute atomic E-state index is 13.7. The molecule has 9 heteroatoms. The Balaban J connectivity index is 1.91. The number of carbonyl (C=O) groups is 1. The Morgan fingerprint density at radius 2 is 1.63 bits per heavy atom. The molecule has 0 saturated heterocycles. The first-order chi connectivity index (χ1) is 18.1. The fourth-order valence-corrected chi connectivity index (χ4v) is 6.16. The van der Waals surface area contributed by atoms with Gasteiger partial charge in [-0.1, -0.05) is 36.4 Å². The molecule has 0 unspecified atom stereocenters. The highest BCUT2D eigenvalue weighted by molar-refractivity contribution is 5.83. The average Bonchev–Trinajstić information content (AvgIpc) is 3.30. The highest BCUT2D eigenvalue weighted by Gasteiger charge is 2.78. The third kappa shape index (κ3) is 3.28. The van der Waals surface area contributed by atoms with Gasteiger partial charge in [0.05, 0.1) is 32.8 Å². The average molecular weight is 522 g/mol. The summed E-state index contributed by atoms with van der Waals surface area (Å²) in [6, 6.07) is 17.0. The van der Waals surface area contributed by atoms with Crippen LogP contribution in [0.15, 0.2) is 60.7 Å². The van der Waals surface area contributed by atoms with Crippen molar-refractivity contribution in [1.29, 1.82) is 0 Å². The number of methoxy groups -OCH3 is 3. The molecular weight excluding hydrogens is 490 g/mol. The molecular formula is C29H31NO8. The van der Waals surface area contributed by atoms with Gasteiger partial charge in [0.25, 0.3) is 0 Å². The van der Waals surface area contributed by atoms with E-state index in [1.54, 1.807) is 38.4 Å². The normalized spacial score (nSPS) is 27.2. The van der Waals surface area contributed by atoms with Gasteiger partial charge in [0.2, 0.25) is 5.91 Å². The molecule has 5 atom stereocenters. The van der Waals surface area contributed by atoms with Crippen LogP contribution in [0.25, 0.3) is 0 Å². The molecule has 1 fully saturated rings. The fraction of sp³-hybridized carbons (Fsp3) is 0.345. The van der Waals surface area contributed by atoms with E-state index in [1.165, 1.54) is 32.3 Å². The smallest absolute Gasteiger partial charge is 0.228 e. The summed E-state index contributed by atoms with van der Waals surface area (Å²) in [6.07, 6.45) is -1.62. The summed E-state index contributed by atoms with van der Waals surface area (Å²) in [5.74, 6) is -1.46. The molecule has 0 aromatic heterocycles. The van der Waals surface area contributed by atoms with Crippen LogP contribution >= 0.6 is 0 Å². The molecule has 3 aromatic carbocycles. The Labute approximate surface area is 220 Å². The topological polar surface area (TPSA) is 118 Å². The summed E-state index contributed by atoms with van der Waals surface area (Å²) in [5, 5.41) is 35.6. The molecule has 38 heavy (non-hydrogen) atoms. The molecule has 5 rings (SSSR count). The van der Waals surface area contributed by atoms with Crippen molar-refractivity contribution in [2.45, 2.75) is 23.2 Å². The highest BCUT2D eigenvalue weighted by Crippen LogP contribution is 2.70. The van der Waals surface area contributed by atoms with Gasteiger partial charge in [-0.2, -0.15) is 0 Å². The molecule has 9 nitrogen and oxygen atoms in total. The number of phenols is 1. The van der Waals surface area contributed by atoms with Gasteiger partial charge >= 0.3 is 0 Å². The molecule has 3 N–H and O–H groups in total. The molecule has 0 radical (unpaired) electrons. The monoisotopic (exact) mass is 521 g/mol. The quantitative estimate of drug-likeness (QED) is 0.453. The summed E-state index contributed by atoms with van der Waals surface area (Å²) in [7, 11) is 7.56. The maximum atomic E-state index is 13.7. The summed E-state index contributed by atoms with van der Waals surface area (Å²) >= 11 is 0. The number of fused-ring (bicyclic) bond motifs is 3. The van der Waals surface area contributed by atoms with Gasteiger partial charge in [0.1, 0.15) is 23.4 Å². The number of aromatic hydroxyl groups is 1. The standard InChI is InChI=1S/C29H31NO8/c1-30(2)27(33)23-24(16-9-7-6-8-10-16)29(17-11-12-20(36-4)19(31)13-17)28(34,26(23)32)25-21(37-5)14-18(35-3)15-22(25)38-29/h6-15,23-24,26,31-32,34H,1-5H3/t23-,24+,26-,28-,29-/m0/s1. The SMILES string of the molecule is COc1cc(OC)c2c(c1)O[C@@]1(c3ccc(OC)c(O)c3)[C@H](c3ccccc3)[C@H](C(=O)N(C)C)[C@H](O)[C@@]21O. The van der Waals surface area contributed by atoms with Gasteiger partial charge in [0, 0.05) is 37.7 Å². The molecule has 2 aliphatic rings. The summed E-state index contributed by atoms with van der Waals surface area (Å²) < 4.78 is 23.1. The van der Waals surface area contributed by atoms with Crippen molar-refractivity contribution in [3.05, 3.63) is 77.4 Å². The zero-order chi connectivity index (χ0) is 27.4. The summed E-state index contributed by atoms with van der Waals surface area (Å²) in [4.78, 5) is 15.1. The molecule has 0 spiro atoms. The van der Waals surface area contributed by atoms with Gasteiger partial charge in [-0.3, -0.25) is 4.79 Å². The minimum atomic E-state index is -2.17. The first-order valence-electron chi connectivity index (χ1n) is 12.1. The fourth-order valence-electron chi connectivity index (χ4n) is 6.16. The van der Waals surface area contributed by atoms with E-state index >= 15 is 0 Å². The number of benzene rings is 3. The lowest BCUT2D eigenvalue weighted by atomic mass is 9.70. The minimum absolute atomic E-state index is 0.186. The van der Waals surface area contributed by atoms with Gasteiger partial charge in [-0.25, -0.2) is 0 Å². The predicted octanol–water partition coefficient (Wildman–Crippen LogP) is 2.76. The number of aliphatic hydroxyl groups is 2. The highest BCUT2D eigenvalue weighted by atomic mass is 16.5.